The third kappa shape index (κ3) is 5.50. The molecule has 3 rings (SSSR count). The third-order valence-corrected chi connectivity index (χ3v) is 4.70. The van der Waals surface area contributed by atoms with Gasteiger partial charge in [-0.2, -0.15) is 0 Å². The second-order valence-corrected chi connectivity index (χ2v) is 6.82. The third-order valence-electron chi connectivity index (χ3n) is 4.70. The number of likely N-dealkylation sites (tertiary alicyclic amines) is 1. The van der Waals surface area contributed by atoms with Gasteiger partial charge in [-0.25, -0.2) is 0 Å². The molecule has 1 atom stereocenters. The van der Waals surface area contributed by atoms with E-state index in [0.29, 0.717) is 18.9 Å². The minimum Gasteiger partial charge on any atom is -0.482 e. The van der Waals surface area contributed by atoms with Crippen molar-refractivity contribution in [1.82, 2.24) is 14.9 Å². The molecule has 2 aromatic rings. The van der Waals surface area contributed by atoms with Crippen LogP contribution in [0.5, 0.6) is 5.75 Å². The summed E-state index contributed by atoms with van der Waals surface area (Å²) >= 11 is 0. The molecule has 1 amide bonds. The van der Waals surface area contributed by atoms with Gasteiger partial charge in [0.15, 0.2) is 6.61 Å². The maximum absolute atomic E-state index is 12.6. The number of carbonyl (C=O) groups is 1. The normalized spacial score (nSPS) is 17.0. The molecule has 0 saturated carbocycles. The molecule has 0 unspecified atom stereocenters. The highest BCUT2D eigenvalue weighted by Crippen LogP contribution is 2.19. The van der Waals surface area contributed by atoms with Gasteiger partial charge in [-0.1, -0.05) is 13.0 Å². The molecule has 0 bridgehead atoms. The van der Waals surface area contributed by atoms with Crippen LogP contribution in [0, 0.1) is 6.92 Å². The van der Waals surface area contributed by atoms with E-state index in [4.69, 9.17) is 9.47 Å². The van der Waals surface area contributed by atoms with Crippen molar-refractivity contribution in [3.05, 3.63) is 53.6 Å². The molecule has 1 aliphatic heterocycles. The Morgan fingerprint density at radius 3 is 3.00 bits per heavy atom. The Hall–Kier alpha value is -2.47. The molecule has 144 valence electrons. The largest absolute Gasteiger partial charge is 0.482 e. The first kappa shape index (κ1) is 19.3. The van der Waals surface area contributed by atoms with Crippen LogP contribution in [0.3, 0.4) is 0 Å². The fourth-order valence-corrected chi connectivity index (χ4v) is 3.21. The first-order chi connectivity index (χ1) is 13.2. The second-order valence-electron chi connectivity index (χ2n) is 6.82. The monoisotopic (exact) mass is 369 g/mol. The number of hydrogen-bond donors (Lipinski definition) is 0. The van der Waals surface area contributed by atoms with Gasteiger partial charge in [0.25, 0.3) is 5.91 Å². The number of piperidine rings is 1. The molecule has 0 aromatic carbocycles. The van der Waals surface area contributed by atoms with Crippen LogP contribution in [0.4, 0.5) is 0 Å². The lowest BCUT2D eigenvalue weighted by molar-refractivity contribution is -0.137. The van der Waals surface area contributed by atoms with Crippen LogP contribution >= 0.6 is 0 Å². The summed E-state index contributed by atoms with van der Waals surface area (Å²) in [6.07, 6.45) is 6.29. The molecule has 0 spiro atoms. The van der Waals surface area contributed by atoms with E-state index in [1.165, 1.54) is 0 Å². The number of hydrogen-bond acceptors (Lipinski definition) is 5. The van der Waals surface area contributed by atoms with Crippen LogP contribution in [-0.2, 0) is 22.6 Å². The van der Waals surface area contributed by atoms with Crippen LogP contribution in [0.2, 0.25) is 0 Å². The Bertz CT molecular complexity index is 752. The summed E-state index contributed by atoms with van der Waals surface area (Å²) in [5.41, 5.74) is 2.89. The van der Waals surface area contributed by atoms with Gasteiger partial charge in [-0.3, -0.25) is 14.8 Å². The molecule has 3 heterocycles. The number of rotatable bonds is 7. The lowest BCUT2D eigenvalue weighted by Gasteiger charge is -2.32. The van der Waals surface area contributed by atoms with Crippen LogP contribution in [-0.4, -0.2) is 46.6 Å². The Morgan fingerprint density at radius 1 is 1.33 bits per heavy atom. The topological polar surface area (TPSA) is 64.5 Å². The molecular formula is C21H27N3O3. The number of nitrogens with zero attached hydrogens (tertiary/aromatic N) is 3. The van der Waals surface area contributed by atoms with Crippen molar-refractivity contribution in [1.29, 1.82) is 0 Å². The predicted octanol–water partition coefficient (Wildman–Crippen LogP) is 2.93. The van der Waals surface area contributed by atoms with Gasteiger partial charge >= 0.3 is 0 Å². The van der Waals surface area contributed by atoms with Crippen molar-refractivity contribution in [2.24, 2.45) is 0 Å². The SMILES string of the molecule is CCc1nc(C)ccc1OCC(=O)N1CCC[C@@H](OCc2cccnc2)C1. The lowest BCUT2D eigenvalue weighted by atomic mass is 10.1. The number of aryl methyl sites for hydroxylation is 2. The average molecular weight is 369 g/mol. The fourth-order valence-electron chi connectivity index (χ4n) is 3.21. The van der Waals surface area contributed by atoms with Crippen molar-refractivity contribution in [3.63, 3.8) is 0 Å². The highest BCUT2D eigenvalue weighted by atomic mass is 16.5. The molecule has 27 heavy (non-hydrogen) atoms. The molecule has 1 saturated heterocycles. The van der Waals surface area contributed by atoms with Gasteiger partial charge in [0.1, 0.15) is 5.75 Å². The zero-order chi connectivity index (χ0) is 19.1. The van der Waals surface area contributed by atoms with Crippen molar-refractivity contribution in [2.45, 2.75) is 45.8 Å². The van der Waals surface area contributed by atoms with Crippen molar-refractivity contribution >= 4 is 5.91 Å². The molecule has 0 aliphatic carbocycles. The Morgan fingerprint density at radius 2 is 2.22 bits per heavy atom. The standard InChI is InChI=1S/C21H27N3O3/c1-3-19-20(9-8-16(2)23-19)27-15-21(25)24-11-5-7-18(13-24)26-14-17-6-4-10-22-12-17/h4,6,8-10,12,18H,3,5,7,11,13-15H2,1-2H3/t18-/m1/s1. The molecule has 2 aromatic heterocycles. The summed E-state index contributed by atoms with van der Waals surface area (Å²) in [6.45, 7) is 5.90. The van der Waals surface area contributed by atoms with Crippen molar-refractivity contribution in [2.75, 3.05) is 19.7 Å². The Kier molecular flexibility index (Phi) is 6.76. The summed E-state index contributed by atoms with van der Waals surface area (Å²) in [5.74, 6) is 0.685. The number of carbonyl (C=O) groups excluding carboxylic acids is 1. The second kappa shape index (κ2) is 9.46. The summed E-state index contributed by atoms with van der Waals surface area (Å²) in [6, 6.07) is 7.69. The van der Waals surface area contributed by atoms with Gasteiger partial charge in [0.2, 0.25) is 0 Å². The van der Waals surface area contributed by atoms with Crippen molar-refractivity contribution in [3.8, 4) is 5.75 Å². The summed E-state index contributed by atoms with van der Waals surface area (Å²) in [7, 11) is 0. The quantitative estimate of drug-likeness (QED) is 0.751. The summed E-state index contributed by atoms with van der Waals surface area (Å²) in [4.78, 5) is 23.0. The molecular weight excluding hydrogens is 342 g/mol. The van der Waals surface area contributed by atoms with Gasteiger partial charge < -0.3 is 14.4 Å². The van der Waals surface area contributed by atoms with Gasteiger partial charge in [0, 0.05) is 31.2 Å². The van der Waals surface area contributed by atoms with Crippen LogP contribution in [0.1, 0.15) is 36.7 Å². The lowest BCUT2D eigenvalue weighted by Crippen LogP contribution is -2.45. The van der Waals surface area contributed by atoms with E-state index < -0.39 is 0 Å². The fraction of sp³-hybridized carbons (Fsp3) is 0.476. The predicted molar refractivity (Wildman–Crippen MR) is 102 cm³/mol. The Balaban J connectivity index is 1.49. The number of amides is 1. The zero-order valence-corrected chi connectivity index (χ0v) is 16.1. The molecule has 6 heteroatoms. The first-order valence-corrected chi connectivity index (χ1v) is 9.53. The number of aromatic nitrogens is 2. The molecule has 6 nitrogen and oxygen atoms in total. The van der Waals surface area contributed by atoms with Crippen LogP contribution in [0.25, 0.3) is 0 Å². The molecule has 0 N–H and O–H groups in total. The van der Waals surface area contributed by atoms with Crippen LogP contribution in [0.15, 0.2) is 36.7 Å². The zero-order valence-electron chi connectivity index (χ0n) is 16.1. The van der Waals surface area contributed by atoms with Gasteiger partial charge in [-0.05, 0) is 49.9 Å². The number of ether oxygens (including phenoxy) is 2. The molecule has 0 radical (unpaired) electrons. The van der Waals surface area contributed by atoms with E-state index in [-0.39, 0.29) is 18.6 Å². The van der Waals surface area contributed by atoms with E-state index in [1.54, 1.807) is 12.4 Å². The van der Waals surface area contributed by atoms with Crippen LogP contribution < -0.4 is 4.74 Å². The first-order valence-electron chi connectivity index (χ1n) is 9.53. The van der Waals surface area contributed by atoms with E-state index >= 15 is 0 Å². The summed E-state index contributed by atoms with van der Waals surface area (Å²) < 4.78 is 11.7. The maximum atomic E-state index is 12.6. The van der Waals surface area contributed by atoms with Crippen molar-refractivity contribution < 1.29 is 14.3 Å². The molecule has 1 fully saturated rings. The maximum Gasteiger partial charge on any atom is 0.260 e. The van der Waals surface area contributed by atoms with Gasteiger partial charge in [-0.15, -0.1) is 0 Å². The van der Waals surface area contributed by atoms with Gasteiger partial charge in [0.05, 0.1) is 18.4 Å². The molecule has 1 aliphatic rings. The average Bonchev–Trinajstić information content (AvgIpc) is 2.72. The Labute approximate surface area is 160 Å². The van der Waals surface area contributed by atoms with E-state index in [0.717, 1.165) is 42.8 Å². The minimum atomic E-state index is -0.00712. The van der Waals surface area contributed by atoms with E-state index in [2.05, 4.69) is 9.97 Å². The van der Waals surface area contributed by atoms with E-state index in [9.17, 15) is 4.79 Å². The summed E-state index contributed by atoms with van der Waals surface area (Å²) in [5, 5.41) is 0. The van der Waals surface area contributed by atoms with E-state index in [1.807, 2.05) is 43.0 Å². The number of pyridine rings is 2. The smallest absolute Gasteiger partial charge is 0.260 e. The minimum absolute atomic E-state index is 0.00712. The highest BCUT2D eigenvalue weighted by Gasteiger charge is 2.24. The highest BCUT2D eigenvalue weighted by molar-refractivity contribution is 5.78.